The number of carboxylic acid groups (broad SMARTS) is 1. The topological polar surface area (TPSA) is 126 Å². The Morgan fingerprint density at radius 2 is 1.65 bits per heavy atom. The van der Waals surface area contributed by atoms with Crippen LogP contribution < -0.4 is 15.7 Å². The summed E-state index contributed by atoms with van der Waals surface area (Å²) in [6, 6.07) is 11.6. The molecule has 1 aliphatic heterocycles. The number of piperidine rings is 1. The molecule has 2 aromatic carbocycles. The SMILES string of the molecule is CCCCCCCCCCCCCC(=O)Nc1ccc(-c2cc(=O)oc3cc(OC(C)C(=O)N4CCC[C@H](C(=O)O)C4)ccc23)c(Cl)c1. The van der Waals surface area contributed by atoms with Gasteiger partial charge >= 0.3 is 11.6 Å². The first-order chi connectivity index (χ1) is 23.2. The molecule has 0 aliphatic carbocycles. The molecule has 260 valence electrons. The Morgan fingerprint density at radius 3 is 2.31 bits per heavy atom. The number of nitrogens with zero attached hydrogens (tertiary/aromatic N) is 1. The lowest BCUT2D eigenvalue weighted by atomic mass is 9.98. The van der Waals surface area contributed by atoms with Crippen molar-refractivity contribution in [3.63, 3.8) is 0 Å². The molecule has 1 aromatic heterocycles. The number of ether oxygens (including phenoxy) is 1. The molecule has 0 spiro atoms. The minimum absolute atomic E-state index is 0.0530. The van der Waals surface area contributed by atoms with Gasteiger partial charge in [0.25, 0.3) is 5.91 Å². The predicted molar refractivity (Wildman–Crippen MR) is 190 cm³/mol. The van der Waals surface area contributed by atoms with Crippen LogP contribution in [0.3, 0.4) is 0 Å². The highest BCUT2D eigenvalue weighted by molar-refractivity contribution is 6.34. The largest absolute Gasteiger partial charge is 0.481 e. The number of likely N-dealkylation sites (tertiary alicyclic amines) is 1. The summed E-state index contributed by atoms with van der Waals surface area (Å²) < 4.78 is 11.4. The lowest BCUT2D eigenvalue weighted by molar-refractivity contribution is -0.147. The number of carbonyl (C=O) groups is 3. The lowest BCUT2D eigenvalue weighted by Gasteiger charge is -2.32. The van der Waals surface area contributed by atoms with Crippen LogP contribution in [0, 0.1) is 5.92 Å². The second-order valence-electron chi connectivity index (χ2n) is 12.9. The Balaban J connectivity index is 1.31. The zero-order valence-corrected chi connectivity index (χ0v) is 29.0. The Hall–Kier alpha value is -3.85. The molecule has 2 heterocycles. The molecular weight excluding hydrogens is 632 g/mol. The molecule has 3 aromatic rings. The molecule has 0 saturated carbocycles. The molecule has 0 bridgehead atoms. The molecule has 48 heavy (non-hydrogen) atoms. The van der Waals surface area contributed by atoms with Crippen LogP contribution in [0.1, 0.15) is 104 Å². The molecule has 2 N–H and O–H groups in total. The van der Waals surface area contributed by atoms with Gasteiger partial charge in [-0.05, 0) is 50.5 Å². The number of benzene rings is 2. The van der Waals surface area contributed by atoms with E-state index in [2.05, 4.69) is 12.2 Å². The first-order valence-electron chi connectivity index (χ1n) is 17.5. The molecule has 1 unspecified atom stereocenters. The number of carboxylic acids is 1. The zero-order valence-electron chi connectivity index (χ0n) is 28.2. The fraction of sp³-hybridized carbons (Fsp3) is 0.526. The predicted octanol–water partition coefficient (Wildman–Crippen LogP) is 8.84. The normalized spacial score (nSPS) is 15.3. The summed E-state index contributed by atoms with van der Waals surface area (Å²) in [5, 5.41) is 13.3. The van der Waals surface area contributed by atoms with Crippen molar-refractivity contribution in [2.45, 2.75) is 110 Å². The highest BCUT2D eigenvalue weighted by Gasteiger charge is 2.31. The van der Waals surface area contributed by atoms with Gasteiger partial charge < -0.3 is 24.5 Å². The van der Waals surface area contributed by atoms with Gasteiger partial charge in [0.15, 0.2) is 6.10 Å². The molecule has 2 amide bonds. The smallest absolute Gasteiger partial charge is 0.336 e. The van der Waals surface area contributed by atoms with Crippen molar-refractivity contribution in [3.05, 3.63) is 57.9 Å². The van der Waals surface area contributed by atoms with E-state index in [-0.39, 0.29) is 23.9 Å². The minimum atomic E-state index is -0.907. The third-order valence-electron chi connectivity index (χ3n) is 9.01. The van der Waals surface area contributed by atoms with E-state index in [1.165, 1.54) is 62.3 Å². The van der Waals surface area contributed by atoms with Crippen LogP contribution in [0.15, 0.2) is 51.7 Å². The van der Waals surface area contributed by atoms with Gasteiger partial charge in [0.05, 0.1) is 10.9 Å². The number of aliphatic carboxylic acids is 1. The molecule has 2 atom stereocenters. The maximum atomic E-state index is 13.0. The van der Waals surface area contributed by atoms with E-state index in [0.29, 0.717) is 58.8 Å². The number of rotatable bonds is 18. The Kier molecular flexibility index (Phi) is 14.4. The molecule has 10 heteroatoms. The summed E-state index contributed by atoms with van der Waals surface area (Å²) in [5.74, 6) is -1.51. The Morgan fingerprint density at radius 1 is 0.958 bits per heavy atom. The average Bonchev–Trinajstić information content (AvgIpc) is 3.06. The summed E-state index contributed by atoms with van der Waals surface area (Å²) in [6.45, 7) is 4.49. The summed E-state index contributed by atoms with van der Waals surface area (Å²) >= 11 is 6.67. The van der Waals surface area contributed by atoms with E-state index < -0.39 is 23.6 Å². The second-order valence-corrected chi connectivity index (χ2v) is 13.3. The molecule has 1 fully saturated rings. The average molecular weight is 681 g/mol. The van der Waals surface area contributed by atoms with E-state index in [0.717, 1.165) is 19.3 Å². The van der Waals surface area contributed by atoms with Crippen molar-refractivity contribution in [1.82, 2.24) is 4.90 Å². The van der Waals surface area contributed by atoms with Crippen LogP contribution >= 0.6 is 11.6 Å². The number of carbonyl (C=O) groups excluding carboxylic acids is 2. The highest BCUT2D eigenvalue weighted by atomic mass is 35.5. The third kappa shape index (κ3) is 10.8. The van der Waals surface area contributed by atoms with Gasteiger partial charge in [0.1, 0.15) is 11.3 Å². The highest BCUT2D eigenvalue weighted by Crippen LogP contribution is 2.35. The van der Waals surface area contributed by atoms with Gasteiger partial charge in [-0.25, -0.2) is 4.79 Å². The third-order valence-corrected chi connectivity index (χ3v) is 9.32. The number of anilines is 1. The number of fused-ring (bicyclic) bond motifs is 1. The lowest BCUT2D eigenvalue weighted by Crippen LogP contribution is -2.47. The van der Waals surface area contributed by atoms with Gasteiger partial charge in [-0.3, -0.25) is 14.4 Å². The molecule has 1 saturated heterocycles. The maximum absolute atomic E-state index is 13.0. The van der Waals surface area contributed by atoms with Crippen LogP contribution in [0.4, 0.5) is 5.69 Å². The van der Waals surface area contributed by atoms with E-state index in [1.807, 2.05) is 0 Å². The standard InChI is InChI=1S/C38H49ClN2O7/c1-3-4-5-6-7-8-9-10-11-12-13-16-35(42)40-28-17-19-30(33(39)22-28)32-24-36(43)48-34-23-29(18-20-31(32)34)47-26(2)37(44)41-21-14-15-27(25-41)38(45)46/h17-20,22-24,26-27H,3-16,21,25H2,1-2H3,(H,40,42)(H,45,46)/t26?,27-/m0/s1. The van der Waals surface area contributed by atoms with Gasteiger partial charge in [0.2, 0.25) is 5.91 Å². The van der Waals surface area contributed by atoms with Crippen LogP contribution in [-0.4, -0.2) is 47.0 Å². The maximum Gasteiger partial charge on any atom is 0.336 e. The van der Waals surface area contributed by atoms with Crippen molar-refractivity contribution in [2.24, 2.45) is 5.92 Å². The van der Waals surface area contributed by atoms with Gasteiger partial charge in [-0.1, -0.05) is 88.8 Å². The Labute approximate surface area is 288 Å². The van der Waals surface area contributed by atoms with Crippen LogP contribution in [0.2, 0.25) is 5.02 Å². The number of amides is 2. The van der Waals surface area contributed by atoms with Crippen molar-refractivity contribution < 1.29 is 28.6 Å². The van der Waals surface area contributed by atoms with Crippen LogP contribution in [0.25, 0.3) is 22.1 Å². The van der Waals surface area contributed by atoms with Crippen LogP contribution in [-0.2, 0) is 14.4 Å². The fourth-order valence-corrected chi connectivity index (χ4v) is 6.60. The van der Waals surface area contributed by atoms with Crippen molar-refractivity contribution in [1.29, 1.82) is 0 Å². The van der Waals surface area contributed by atoms with Crippen molar-refractivity contribution >= 4 is 46.0 Å². The minimum Gasteiger partial charge on any atom is -0.481 e. The summed E-state index contributed by atoms with van der Waals surface area (Å²) in [6.07, 6.45) is 14.2. The molecule has 1 aliphatic rings. The quantitative estimate of drug-likeness (QED) is 0.102. The molecule has 9 nitrogen and oxygen atoms in total. The summed E-state index contributed by atoms with van der Waals surface area (Å²) in [5.41, 5.74) is 1.44. The van der Waals surface area contributed by atoms with Gasteiger partial charge in [-0.15, -0.1) is 0 Å². The van der Waals surface area contributed by atoms with Gasteiger partial charge in [0, 0.05) is 53.8 Å². The molecule has 0 radical (unpaired) electrons. The number of unbranched alkanes of at least 4 members (excludes halogenated alkanes) is 10. The van der Waals surface area contributed by atoms with E-state index in [1.54, 1.807) is 43.3 Å². The molecule has 4 rings (SSSR count). The van der Waals surface area contributed by atoms with Crippen molar-refractivity contribution in [2.75, 3.05) is 18.4 Å². The number of halogens is 1. The van der Waals surface area contributed by atoms with Crippen LogP contribution in [0.5, 0.6) is 5.75 Å². The number of hydrogen-bond donors (Lipinski definition) is 2. The first-order valence-corrected chi connectivity index (χ1v) is 17.9. The Bertz CT molecular complexity index is 1600. The van der Waals surface area contributed by atoms with E-state index in [9.17, 15) is 24.3 Å². The monoisotopic (exact) mass is 680 g/mol. The van der Waals surface area contributed by atoms with Crippen molar-refractivity contribution in [3.8, 4) is 16.9 Å². The fourth-order valence-electron chi connectivity index (χ4n) is 6.31. The first kappa shape index (κ1) is 37.0. The summed E-state index contributed by atoms with van der Waals surface area (Å²) in [4.78, 5) is 51.1. The van der Waals surface area contributed by atoms with E-state index in [4.69, 9.17) is 20.8 Å². The molecular formula is C38H49ClN2O7. The van der Waals surface area contributed by atoms with Gasteiger partial charge in [-0.2, -0.15) is 0 Å². The number of nitrogens with one attached hydrogen (secondary N) is 1. The number of hydrogen-bond acceptors (Lipinski definition) is 6. The summed E-state index contributed by atoms with van der Waals surface area (Å²) in [7, 11) is 0. The zero-order chi connectivity index (χ0) is 34.5. The van der Waals surface area contributed by atoms with E-state index >= 15 is 0 Å². The second kappa shape index (κ2) is 18.6.